The minimum Gasteiger partial charge on any atom is -0.423 e. The summed E-state index contributed by atoms with van der Waals surface area (Å²) in [5.74, 6) is 2.80. The zero-order valence-electron chi connectivity index (χ0n) is 18.9. The molecule has 0 aliphatic carbocycles. The van der Waals surface area contributed by atoms with Gasteiger partial charge in [0.05, 0.1) is 0 Å². The molecule has 28 heavy (non-hydrogen) atoms. The predicted octanol–water partition coefficient (Wildman–Crippen LogP) is 7.98. The Morgan fingerprint density at radius 2 is 1.39 bits per heavy atom. The van der Waals surface area contributed by atoms with Gasteiger partial charge >= 0.3 is 5.97 Å². The lowest BCUT2D eigenvalue weighted by molar-refractivity contribution is -0.129. The Kier molecular flexibility index (Phi) is 12.6. The van der Waals surface area contributed by atoms with Crippen molar-refractivity contribution < 1.29 is 9.53 Å². The number of rotatable bonds is 14. The summed E-state index contributed by atoms with van der Waals surface area (Å²) in [5, 5.41) is 0. The van der Waals surface area contributed by atoms with Crippen LogP contribution in [0.4, 0.5) is 0 Å². The van der Waals surface area contributed by atoms with E-state index in [9.17, 15) is 4.79 Å². The summed E-state index contributed by atoms with van der Waals surface area (Å²) < 4.78 is 5.31. The molecule has 0 fully saturated rings. The molecule has 1 rings (SSSR count). The Bertz CT molecular complexity index is 559. The van der Waals surface area contributed by atoms with Crippen LogP contribution < -0.4 is 4.74 Å². The van der Waals surface area contributed by atoms with Gasteiger partial charge in [-0.1, -0.05) is 96.4 Å². The number of ether oxygens (including phenoxy) is 1. The van der Waals surface area contributed by atoms with Gasteiger partial charge < -0.3 is 4.74 Å². The normalized spacial score (nSPS) is 14.1. The molecule has 2 nitrogen and oxygen atoms in total. The number of benzene rings is 1. The number of carbonyl (C=O) groups excluding carboxylic acids is 1. The molecule has 158 valence electrons. The number of carbonyl (C=O) groups is 1. The molecule has 0 spiro atoms. The van der Waals surface area contributed by atoms with E-state index in [4.69, 9.17) is 4.74 Å². The van der Waals surface area contributed by atoms with Crippen LogP contribution in [0.15, 0.2) is 42.0 Å². The number of allylic oxidation sites excluding steroid dienone is 1. The Balaban J connectivity index is 2.12. The molecule has 0 aliphatic heterocycles. The zero-order chi connectivity index (χ0) is 20.8. The van der Waals surface area contributed by atoms with Gasteiger partial charge in [-0.15, -0.1) is 0 Å². The molecule has 1 aromatic carbocycles. The lowest BCUT2D eigenvalue weighted by Crippen LogP contribution is -2.05. The maximum Gasteiger partial charge on any atom is 0.336 e. The van der Waals surface area contributed by atoms with E-state index in [-0.39, 0.29) is 5.97 Å². The molecule has 0 saturated carbocycles. The van der Waals surface area contributed by atoms with Gasteiger partial charge in [-0.3, -0.25) is 0 Å². The first-order valence-electron chi connectivity index (χ1n) is 11.3. The Morgan fingerprint density at radius 3 is 1.96 bits per heavy atom. The van der Waals surface area contributed by atoms with Gasteiger partial charge in [0.2, 0.25) is 0 Å². The van der Waals surface area contributed by atoms with Crippen molar-refractivity contribution >= 4 is 5.97 Å². The number of hydrogen-bond acceptors (Lipinski definition) is 2. The van der Waals surface area contributed by atoms with E-state index in [0.717, 1.165) is 36.2 Å². The van der Waals surface area contributed by atoms with Crippen molar-refractivity contribution in [3.05, 3.63) is 42.0 Å². The van der Waals surface area contributed by atoms with Crippen molar-refractivity contribution in [2.45, 2.75) is 92.4 Å². The first-order chi connectivity index (χ1) is 13.4. The molecule has 0 saturated heterocycles. The Hall–Kier alpha value is -1.57. The molecule has 1 aromatic rings. The molecule has 0 amide bonds. The van der Waals surface area contributed by atoms with Gasteiger partial charge in [-0.05, 0) is 49.7 Å². The van der Waals surface area contributed by atoms with Crippen LogP contribution >= 0.6 is 0 Å². The summed E-state index contributed by atoms with van der Waals surface area (Å²) in [6.07, 6.45) is 13.2. The van der Waals surface area contributed by atoms with Gasteiger partial charge in [0.15, 0.2) is 0 Å². The maximum absolute atomic E-state index is 11.9. The summed E-state index contributed by atoms with van der Waals surface area (Å²) in [4.78, 5) is 11.9. The zero-order valence-corrected chi connectivity index (χ0v) is 18.9. The lowest BCUT2D eigenvalue weighted by atomic mass is 9.91. The van der Waals surface area contributed by atoms with Gasteiger partial charge in [0, 0.05) is 6.08 Å². The van der Waals surface area contributed by atoms with Crippen LogP contribution in [0.25, 0.3) is 0 Å². The topological polar surface area (TPSA) is 26.3 Å². The van der Waals surface area contributed by atoms with E-state index in [2.05, 4.69) is 27.7 Å². The van der Waals surface area contributed by atoms with E-state index < -0.39 is 0 Å². The van der Waals surface area contributed by atoms with Crippen molar-refractivity contribution in [1.82, 2.24) is 0 Å². The summed E-state index contributed by atoms with van der Waals surface area (Å²) >= 11 is 0. The monoisotopic (exact) mass is 386 g/mol. The summed E-state index contributed by atoms with van der Waals surface area (Å²) in [6, 6.07) is 9.25. The van der Waals surface area contributed by atoms with Gasteiger partial charge in [-0.2, -0.15) is 0 Å². The smallest absolute Gasteiger partial charge is 0.336 e. The molecule has 0 radical (unpaired) electrons. The third kappa shape index (κ3) is 12.8. The van der Waals surface area contributed by atoms with E-state index in [0.29, 0.717) is 5.75 Å². The van der Waals surface area contributed by atoms with Crippen molar-refractivity contribution in [1.29, 1.82) is 0 Å². The van der Waals surface area contributed by atoms with Crippen molar-refractivity contribution in [2.24, 2.45) is 17.8 Å². The highest BCUT2D eigenvalue weighted by Crippen LogP contribution is 2.22. The van der Waals surface area contributed by atoms with Gasteiger partial charge in [0.1, 0.15) is 5.75 Å². The molecule has 2 heteroatoms. The van der Waals surface area contributed by atoms with Gasteiger partial charge in [-0.25, -0.2) is 4.79 Å². The Labute approximate surface area is 173 Å². The van der Waals surface area contributed by atoms with E-state index >= 15 is 0 Å². The van der Waals surface area contributed by atoms with E-state index in [1.54, 1.807) is 18.2 Å². The highest BCUT2D eigenvalue weighted by Gasteiger charge is 2.07. The third-order valence-electron chi connectivity index (χ3n) is 5.47. The minimum atomic E-state index is -0.275. The van der Waals surface area contributed by atoms with Crippen LogP contribution in [0.5, 0.6) is 5.75 Å². The molecule has 0 bridgehead atoms. The van der Waals surface area contributed by atoms with Crippen LogP contribution in [0, 0.1) is 17.8 Å². The standard InChI is InChI=1S/C26H42O2/c1-21(2)12-9-13-22(3)14-10-15-23(4)16-11-17-24(5)20-26(27)28-25-18-7-6-8-19-25/h6-8,18-23H,9-17H2,1-5H3. The fourth-order valence-electron chi connectivity index (χ4n) is 3.61. The van der Waals surface area contributed by atoms with Crippen molar-refractivity contribution in [2.75, 3.05) is 0 Å². The number of hydrogen-bond donors (Lipinski definition) is 0. The molecule has 0 aromatic heterocycles. The largest absolute Gasteiger partial charge is 0.423 e. The van der Waals surface area contributed by atoms with Gasteiger partial charge in [0.25, 0.3) is 0 Å². The van der Waals surface area contributed by atoms with Crippen LogP contribution in [-0.4, -0.2) is 5.97 Å². The molecule has 2 unspecified atom stereocenters. The SMILES string of the molecule is CC(=CC(=O)Oc1ccccc1)CCCC(C)CCCC(C)CCCC(C)C. The third-order valence-corrected chi connectivity index (χ3v) is 5.47. The predicted molar refractivity (Wildman–Crippen MR) is 121 cm³/mol. The van der Waals surface area contributed by atoms with Crippen LogP contribution in [0.3, 0.4) is 0 Å². The lowest BCUT2D eigenvalue weighted by Gasteiger charge is -2.15. The molecule has 0 aliphatic rings. The van der Waals surface area contributed by atoms with Crippen LogP contribution in [-0.2, 0) is 4.79 Å². The van der Waals surface area contributed by atoms with E-state index in [1.165, 1.54) is 44.9 Å². The minimum absolute atomic E-state index is 0.275. The number of esters is 1. The first-order valence-corrected chi connectivity index (χ1v) is 11.3. The molecule has 0 N–H and O–H groups in total. The fraction of sp³-hybridized carbons (Fsp3) is 0.654. The number of para-hydroxylation sites is 1. The van der Waals surface area contributed by atoms with Crippen molar-refractivity contribution in [3.8, 4) is 5.75 Å². The van der Waals surface area contributed by atoms with Crippen molar-refractivity contribution in [3.63, 3.8) is 0 Å². The fourth-order valence-corrected chi connectivity index (χ4v) is 3.61. The molecule has 0 heterocycles. The summed E-state index contributed by atoms with van der Waals surface area (Å²) in [7, 11) is 0. The molecule has 2 atom stereocenters. The van der Waals surface area contributed by atoms with Crippen LogP contribution in [0.1, 0.15) is 92.4 Å². The first kappa shape index (κ1) is 24.5. The van der Waals surface area contributed by atoms with Crippen LogP contribution in [0.2, 0.25) is 0 Å². The second kappa shape index (κ2) is 14.4. The average Bonchev–Trinajstić information content (AvgIpc) is 2.62. The van der Waals surface area contributed by atoms with E-state index in [1.807, 2.05) is 25.1 Å². The average molecular weight is 387 g/mol. The second-order valence-corrected chi connectivity index (χ2v) is 9.08. The quantitative estimate of drug-likeness (QED) is 0.184. The molecular formula is C26H42O2. The summed E-state index contributed by atoms with van der Waals surface area (Å²) in [5.41, 5.74) is 1.10. The summed E-state index contributed by atoms with van der Waals surface area (Å²) in [6.45, 7) is 11.4. The highest BCUT2D eigenvalue weighted by molar-refractivity contribution is 5.84. The Morgan fingerprint density at radius 1 is 0.857 bits per heavy atom. The maximum atomic E-state index is 11.9. The highest BCUT2D eigenvalue weighted by atomic mass is 16.5. The molecular weight excluding hydrogens is 344 g/mol. The second-order valence-electron chi connectivity index (χ2n) is 9.08.